The van der Waals surface area contributed by atoms with E-state index in [1.165, 1.54) is 5.56 Å². The summed E-state index contributed by atoms with van der Waals surface area (Å²) >= 11 is 0. The first-order valence-corrected chi connectivity index (χ1v) is 9.69. The quantitative estimate of drug-likeness (QED) is 0.687. The third kappa shape index (κ3) is 4.75. The molecule has 0 saturated carbocycles. The largest absolute Gasteiger partial charge is 0.454 e. The average molecular weight is 399 g/mol. The maximum atomic E-state index is 12.0. The molecule has 1 saturated heterocycles. The molecule has 0 unspecified atom stereocenters. The van der Waals surface area contributed by atoms with E-state index in [2.05, 4.69) is 37.4 Å². The van der Waals surface area contributed by atoms with Gasteiger partial charge in [0.1, 0.15) is 0 Å². The number of nitrogens with one attached hydrogen (secondary N) is 1. The van der Waals surface area contributed by atoms with Crippen LogP contribution in [0.4, 0.5) is 5.82 Å². The lowest BCUT2D eigenvalue weighted by atomic mass is 10.1. The number of fused-ring (bicyclic) bond motifs is 1. The van der Waals surface area contributed by atoms with Crippen molar-refractivity contribution in [3.63, 3.8) is 0 Å². The molecule has 1 fully saturated rings. The van der Waals surface area contributed by atoms with Gasteiger partial charge in [-0.25, -0.2) is 0 Å². The van der Waals surface area contributed by atoms with Crippen molar-refractivity contribution >= 4 is 11.7 Å². The van der Waals surface area contributed by atoms with Gasteiger partial charge in [0.2, 0.25) is 6.79 Å². The highest BCUT2D eigenvalue weighted by Gasteiger charge is 2.20. The van der Waals surface area contributed by atoms with Crippen molar-refractivity contribution in [2.24, 2.45) is 0 Å². The van der Waals surface area contributed by atoms with E-state index < -0.39 is 0 Å². The molecule has 2 aliphatic heterocycles. The van der Waals surface area contributed by atoms with Crippen molar-refractivity contribution in [2.45, 2.75) is 6.54 Å². The first-order valence-electron chi connectivity index (χ1n) is 9.69. The number of amides is 1. The van der Waals surface area contributed by atoms with Crippen LogP contribution in [-0.2, 0) is 11.3 Å². The molecular formula is C20H25N5O4. The molecule has 3 heterocycles. The molecule has 9 heteroatoms. The number of benzene rings is 1. The molecule has 0 radical (unpaired) electrons. The first-order chi connectivity index (χ1) is 14.2. The fraction of sp³-hybridized carbons (Fsp3) is 0.450. The number of carbonyl (C=O) groups is 1. The van der Waals surface area contributed by atoms with E-state index in [4.69, 9.17) is 14.2 Å². The topological polar surface area (TPSA) is 89.1 Å². The van der Waals surface area contributed by atoms with E-state index in [0.717, 1.165) is 50.0 Å². The third-order valence-electron chi connectivity index (χ3n) is 5.01. The van der Waals surface area contributed by atoms with Gasteiger partial charge in [-0.15, -0.1) is 10.2 Å². The lowest BCUT2D eigenvalue weighted by Gasteiger charge is -2.35. The van der Waals surface area contributed by atoms with Gasteiger partial charge < -0.3 is 24.4 Å². The second-order valence-electron chi connectivity index (χ2n) is 6.98. The summed E-state index contributed by atoms with van der Waals surface area (Å²) < 4.78 is 15.7. The molecule has 2 aromatic rings. The Balaban J connectivity index is 1.27. The summed E-state index contributed by atoms with van der Waals surface area (Å²) in [6.45, 7) is 5.66. The van der Waals surface area contributed by atoms with E-state index in [0.29, 0.717) is 25.6 Å². The Bertz CT molecular complexity index is 837. The molecule has 0 bridgehead atoms. The van der Waals surface area contributed by atoms with Crippen molar-refractivity contribution in [3.8, 4) is 11.5 Å². The predicted octanol–water partition coefficient (Wildman–Crippen LogP) is 0.904. The molecule has 29 heavy (non-hydrogen) atoms. The third-order valence-corrected chi connectivity index (χ3v) is 5.01. The number of piperazine rings is 1. The van der Waals surface area contributed by atoms with E-state index in [1.807, 2.05) is 12.1 Å². The van der Waals surface area contributed by atoms with Crippen molar-refractivity contribution in [1.29, 1.82) is 0 Å². The van der Waals surface area contributed by atoms with Crippen LogP contribution in [-0.4, -0.2) is 74.2 Å². The van der Waals surface area contributed by atoms with E-state index in [-0.39, 0.29) is 5.91 Å². The van der Waals surface area contributed by atoms with Crippen LogP contribution < -0.4 is 19.7 Å². The zero-order chi connectivity index (χ0) is 20.1. The predicted molar refractivity (Wildman–Crippen MR) is 106 cm³/mol. The van der Waals surface area contributed by atoms with Crippen molar-refractivity contribution in [2.75, 3.05) is 58.1 Å². The highest BCUT2D eigenvalue weighted by atomic mass is 16.7. The maximum Gasteiger partial charge on any atom is 0.271 e. The van der Waals surface area contributed by atoms with Gasteiger partial charge in [0, 0.05) is 46.4 Å². The SMILES string of the molecule is COCCNC(=O)c1ccc(N2CCN(Cc3ccc4c(c3)OCO4)CC2)nn1. The fourth-order valence-electron chi connectivity index (χ4n) is 3.40. The number of rotatable bonds is 7. The highest BCUT2D eigenvalue weighted by molar-refractivity contribution is 5.92. The Morgan fingerprint density at radius 1 is 1.10 bits per heavy atom. The molecule has 1 N–H and O–H groups in total. The minimum absolute atomic E-state index is 0.241. The summed E-state index contributed by atoms with van der Waals surface area (Å²) in [5.41, 5.74) is 1.53. The molecule has 0 spiro atoms. The van der Waals surface area contributed by atoms with Gasteiger partial charge in [0.05, 0.1) is 6.61 Å². The number of aromatic nitrogens is 2. The number of carbonyl (C=O) groups excluding carboxylic acids is 1. The van der Waals surface area contributed by atoms with Crippen LogP contribution in [0.3, 0.4) is 0 Å². The monoisotopic (exact) mass is 399 g/mol. The average Bonchev–Trinajstić information content (AvgIpc) is 3.22. The number of ether oxygens (including phenoxy) is 3. The molecule has 0 atom stereocenters. The highest BCUT2D eigenvalue weighted by Crippen LogP contribution is 2.32. The molecule has 2 aliphatic rings. The smallest absolute Gasteiger partial charge is 0.271 e. The maximum absolute atomic E-state index is 12.0. The van der Waals surface area contributed by atoms with Crippen LogP contribution in [0.15, 0.2) is 30.3 Å². The minimum atomic E-state index is -0.241. The first kappa shape index (κ1) is 19.4. The summed E-state index contributed by atoms with van der Waals surface area (Å²) in [7, 11) is 1.59. The van der Waals surface area contributed by atoms with Gasteiger partial charge in [0.25, 0.3) is 5.91 Å². The lowest BCUT2D eigenvalue weighted by molar-refractivity contribution is 0.0931. The van der Waals surface area contributed by atoms with Crippen LogP contribution in [0, 0.1) is 0 Å². The van der Waals surface area contributed by atoms with Gasteiger partial charge in [-0.3, -0.25) is 9.69 Å². The Morgan fingerprint density at radius 2 is 1.93 bits per heavy atom. The summed E-state index contributed by atoms with van der Waals surface area (Å²) in [5.74, 6) is 2.19. The molecule has 1 aromatic heterocycles. The Labute approximate surface area is 169 Å². The number of hydrogen-bond acceptors (Lipinski definition) is 8. The van der Waals surface area contributed by atoms with Crippen molar-refractivity contribution < 1.29 is 19.0 Å². The molecule has 154 valence electrons. The Morgan fingerprint density at radius 3 is 2.69 bits per heavy atom. The fourth-order valence-corrected chi connectivity index (χ4v) is 3.40. The molecule has 0 aliphatic carbocycles. The van der Waals surface area contributed by atoms with Crippen LogP contribution in [0.5, 0.6) is 11.5 Å². The zero-order valence-electron chi connectivity index (χ0n) is 16.5. The second-order valence-corrected chi connectivity index (χ2v) is 6.98. The number of hydrogen-bond donors (Lipinski definition) is 1. The minimum Gasteiger partial charge on any atom is -0.454 e. The molecule has 9 nitrogen and oxygen atoms in total. The van der Waals surface area contributed by atoms with Crippen LogP contribution in [0.25, 0.3) is 0 Å². The Hall–Kier alpha value is -2.91. The van der Waals surface area contributed by atoms with E-state index in [1.54, 1.807) is 13.2 Å². The van der Waals surface area contributed by atoms with Crippen molar-refractivity contribution in [3.05, 3.63) is 41.6 Å². The molecule has 1 amide bonds. The summed E-state index contributed by atoms with van der Waals surface area (Å²) in [4.78, 5) is 16.6. The lowest BCUT2D eigenvalue weighted by Crippen LogP contribution is -2.46. The van der Waals surface area contributed by atoms with E-state index >= 15 is 0 Å². The van der Waals surface area contributed by atoms with Gasteiger partial charge in [-0.2, -0.15) is 0 Å². The van der Waals surface area contributed by atoms with Gasteiger partial charge >= 0.3 is 0 Å². The van der Waals surface area contributed by atoms with Gasteiger partial charge in [-0.05, 0) is 29.8 Å². The number of nitrogens with zero attached hydrogens (tertiary/aromatic N) is 4. The van der Waals surface area contributed by atoms with Crippen LogP contribution in [0.2, 0.25) is 0 Å². The Kier molecular flexibility index (Phi) is 6.06. The summed E-state index contributed by atoms with van der Waals surface area (Å²) in [6.07, 6.45) is 0. The van der Waals surface area contributed by atoms with Crippen molar-refractivity contribution in [1.82, 2.24) is 20.4 Å². The summed E-state index contributed by atoms with van der Waals surface area (Å²) in [6, 6.07) is 9.67. The van der Waals surface area contributed by atoms with Gasteiger partial charge in [0.15, 0.2) is 23.0 Å². The summed E-state index contributed by atoms with van der Waals surface area (Å²) in [5, 5.41) is 11.0. The molecule has 1 aromatic carbocycles. The van der Waals surface area contributed by atoms with Crippen LogP contribution in [0.1, 0.15) is 16.1 Å². The van der Waals surface area contributed by atoms with Gasteiger partial charge in [-0.1, -0.05) is 6.07 Å². The van der Waals surface area contributed by atoms with E-state index in [9.17, 15) is 4.79 Å². The standard InChI is InChI=1S/C20H25N5O4/c1-27-11-6-21-20(26)16-3-5-19(23-22-16)25-9-7-24(8-10-25)13-15-2-4-17-18(12-15)29-14-28-17/h2-5,12H,6-11,13-14H2,1H3,(H,21,26). The number of anilines is 1. The zero-order valence-corrected chi connectivity index (χ0v) is 16.5. The van der Waals surface area contributed by atoms with Crippen LogP contribution >= 0.6 is 0 Å². The second kappa shape index (κ2) is 9.06. The normalized spacial score (nSPS) is 16.1. The number of methoxy groups -OCH3 is 1. The molecule has 4 rings (SSSR count). The molecular weight excluding hydrogens is 374 g/mol.